The van der Waals surface area contributed by atoms with Crippen molar-refractivity contribution in [3.63, 3.8) is 0 Å². The molecule has 1 aliphatic rings. The van der Waals surface area contributed by atoms with E-state index in [-0.39, 0.29) is 36.0 Å². The number of carbonyl (C=O) groups is 2. The van der Waals surface area contributed by atoms with Crippen molar-refractivity contribution in [1.29, 1.82) is 0 Å². The molecular weight excluding hydrogens is 366 g/mol. The molecule has 2 amide bonds. The first-order chi connectivity index (χ1) is 12.8. The number of rotatable bonds is 7. The van der Waals surface area contributed by atoms with Gasteiger partial charge in [0.15, 0.2) is 0 Å². The van der Waals surface area contributed by atoms with Crippen molar-refractivity contribution in [3.8, 4) is 0 Å². The van der Waals surface area contributed by atoms with Gasteiger partial charge in [-0.15, -0.1) is 0 Å². The Morgan fingerprint density at radius 2 is 1.67 bits per heavy atom. The highest BCUT2D eigenvalue weighted by Gasteiger charge is 2.33. The van der Waals surface area contributed by atoms with Crippen LogP contribution in [0.2, 0.25) is 5.02 Å². The van der Waals surface area contributed by atoms with Crippen LogP contribution in [-0.2, 0) is 9.53 Å². The molecule has 3 unspecified atom stereocenters. The highest BCUT2D eigenvalue weighted by molar-refractivity contribution is 6.30. The van der Waals surface area contributed by atoms with Gasteiger partial charge in [0.1, 0.15) is 0 Å². The molecule has 1 aromatic rings. The van der Waals surface area contributed by atoms with Crippen molar-refractivity contribution in [1.82, 2.24) is 15.5 Å². The van der Waals surface area contributed by atoms with Crippen molar-refractivity contribution in [2.45, 2.75) is 45.9 Å². The summed E-state index contributed by atoms with van der Waals surface area (Å²) >= 11 is 5.82. The Labute approximate surface area is 166 Å². The fourth-order valence-electron chi connectivity index (χ4n) is 3.50. The molecule has 0 aromatic heterocycles. The van der Waals surface area contributed by atoms with Crippen LogP contribution in [0.4, 0.5) is 0 Å². The number of hydrogen-bond donors (Lipinski definition) is 2. The van der Waals surface area contributed by atoms with Crippen molar-refractivity contribution in [3.05, 3.63) is 34.9 Å². The lowest BCUT2D eigenvalue weighted by Gasteiger charge is -2.41. The summed E-state index contributed by atoms with van der Waals surface area (Å²) in [7, 11) is 0. The Hall–Kier alpha value is -1.63. The number of ether oxygens (including phenoxy) is 1. The third kappa shape index (κ3) is 6.48. The Bertz CT molecular complexity index is 626. The summed E-state index contributed by atoms with van der Waals surface area (Å²) in [5, 5.41) is 6.34. The number of halogens is 1. The van der Waals surface area contributed by atoms with E-state index in [1.165, 1.54) is 0 Å². The van der Waals surface area contributed by atoms with Crippen molar-refractivity contribution in [2.75, 3.05) is 26.2 Å². The van der Waals surface area contributed by atoms with E-state index in [0.717, 1.165) is 13.1 Å². The lowest BCUT2D eigenvalue weighted by Crippen LogP contribution is -2.57. The molecule has 0 radical (unpaired) electrons. The van der Waals surface area contributed by atoms with Gasteiger partial charge in [0.05, 0.1) is 18.2 Å². The highest BCUT2D eigenvalue weighted by atomic mass is 35.5. The zero-order valence-electron chi connectivity index (χ0n) is 16.5. The van der Waals surface area contributed by atoms with Gasteiger partial charge in [-0.2, -0.15) is 0 Å². The maximum Gasteiger partial charge on any atom is 0.251 e. The van der Waals surface area contributed by atoms with Crippen LogP contribution in [0.3, 0.4) is 0 Å². The first kappa shape index (κ1) is 21.7. The smallest absolute Gasteiger partial charge is 0.251 e. The first-order valence-corrected chi connectivity index (χ1v) is 9.86. The third-order valence-corrected chi connectivity index (χ3v) is 4.81. The standard InChI is InChI=1S/C20H30ClN3O3/c1-13(2)18(24-11-14(3)27-15(4)12-24)20(26)23-10-9-22-19(25)16-5-7-17(21)8-6-16/h5-8,13-15,18H,9-12H2,1-4H3,(H,22,25)(H,23,26). The second-order valence-electron chi connectivity index (χ2n) is 7.45. The molecule has 2 N–H and O–H groups in total. The summed E-state index contributed by atoms with van der Waals surface area (Å²) in [5.41, 5.74) is 0.544. The maximum absolute atomic E-state index is 12.7. The summed E-state index contributed by atoms with van der Waals surface area (Å²) in [6.45, 7) is 10.4. The number of hydrogen-bond acceptors (Lipinski definition) is 4. The quantitative estimate of drug-likeness (QED) is 0.695. The molecule has 7 heteroatoms. The molecule has 2 rings (SSSR count). The number of carbonyl (C=O) groups excluding carboxylic acids is 2. The zero-order valence-corrected chi connectivity index (χ0v) is 17.3. The second kappa shape index (κ2) is 10.1. The minimum atomic E-state index is -0.203. The Morgan fingerprint density at radius 1 is 1.11 bits per heavy atom. The molecule has 0 aliphatic carbocycles. The fourth-order valence-corrected chi connectivity index (χ4v) is 3.63. The van der Waals surface area contributed by atoms with Crippen molar-refractivity contribution >= 4 is 23.4 Å². The average molecular weight is 396 g/mol. The average Bonchev–Trinajstić information content (AvgIpc) is 2.58. The van der Waals surface area contributed by atoms with Crippen LogP contribution in [0, 0.1) is 5.92 Å². The van der Waals surface area contributed by atoms with Gasteiger partial charge in [-0.1, -0.05) is 25.4 Å². The van der Waals surface area contributed by atoms with Gasteiger partial charge in [-0.05, 0) is 44.0 Å². The summed E-state index contributed by atoms with van der Waals surface area (Å²) < 4.78 is 5.77. The van der Waals surface area contributed by atoms with Gasteiger partial charge in [0.25, 0.3) is 5.91 Å². The van der Waals surface area contributed by atoms with Gasteiger partial charge < -0.3 is 15.4 Å². The van der Waals surface area contributed by atoms with Gasteiger partial charge in [0.2, 0.25) is 5.91 Å². The predicted octanol–water partition coefficient (Wildman–Crippen LogP) is 2.32. The van der Waals surface area contributed by atoms with Crippen molar-refractivity contribution < 1.29 is 14.3 Å². The molecule has 6 nitrogen and oxygen atoms in total. The van der Waals surface area contributed by atoms with E-state index in [9.17, 15) is 9.59 Å². The third-order valence-electron chi connectivity index (χ3n) is 4.56. The van der Waals surface area contributed by atoms with Gasteiger partial charge in [-0.3, -0.25) is 14.5 Å². The Morgan fingerprint density at radius 3 is 2.22 bits per heavy atom. The largest absolute Gasteiger partial charge is 0.373 e. The molecule has 0 spiro atoms. The molecule has 1 aromatic carbocycles. The molecule has 150 valence electrons. The topological polar surface area (TPSA) is 70.7 Å². The minimum absolute atomic E-state index is 0.00737. The Balaban J connectivity index is 1.81. The first-order valence-electron chi connectivity index (χ1n) is 9.49. The Kier molecular flexibility index (Phi) is 8.07. The van der Waals surface area contributed by atoms with Crippen LogP contribution < -0.4 is 10.6 Å². The van der Waals surface area contributed by atoms with E-state index in [2.05, 4.69) is 29.4 Å². The van der Waals surface area contributed by atoms with Crippen LogP contribution in [-0.4, -0.2) is 61.1 Å². The summed E-state index contributed by atoms with van der Waals surface area (Å²) in [6, 6.07) is 6.49. The van der Waals surface area contributed by atoms with E-state index in [1.807, 2.05) is 13.8 Å². The summed E-state index contributed by atoms with van der Waals surface area (Å²) in [6.07, 6.45) is 0.225. The number of nitrogens with zero attached hydrogens (tertiary/aromatic N) is 1. The molecule has 27 heavy (non-hydrogen) atoms. The van der Waals surface area contributed by atoms with Crippen LogP contribution >= 0.6 is 11.6 Å². The number of benzene rings is 1. The van der Waals surface area contributed by atoms with E-state index >= 15 is 0 Å². The number of amides is 2. The monoisotopic (exact) mass is 395 g/mol. The summed E-state index contributed by atoms with van der Waals surface area (Å²) in [5.74, 6) is -0.00430. The van der Waals surface area contributed by atoms with E-state index < -0.39 is 0 Å². The van der Waals surface area contributed by atoms with E-state index in [0.29, 0.717) is 23.7 Å². The van der Waals surface area contributed by atoms with Gasteiger partial charge in [-0.25, -0.2) is 0 Å². The highest BCUT2D eigenvalue weighted by Crippen LogP contribution is 2.18. The van der Waals surface area contributed by atoms with Gasteiger partial charge >= 0.3 is 0 Å². The van der Waals surface area contributed by atoms with Crippen LogP contribution in [0.25, 0.3) is 0 Å². The molecule has 0 bridgehead atoms. The molecular formula is C20H30ClN3O3. The molecule has 1 saturated heterocycles. The lowest BCUT2D eigenvalue weighted by molar-refractivity contribution is -0.135. The SMILES string of the molecule is CC1CN(C(C(=O)NCCNC(=O)c2ccc(Cl)cc2)C(C)C)CC(C)O1. The molecule has 1 aliphatic heterocycles. The maximum atomic E-state index is 12.7. The molecule has 1 fully saturated rings. The second-order valence-corrected chi connectivity index (χ2v) is 7.89. The number of morpholine rings is 1. The van der Waals surface area contributed by atoms with Gasteiger partial charge in [0, 0.05) is 36.8 Å². The normalized spacial score (nSPS) is 21.7. The van der Waals surface area contributed by atoms with Crippen LogP contribution in [0.5, 0.6) is 0 Å². The minimum Gasteiger partial charge on any atom is -0.373 e. The lowest BCUT2D eigenvalue weighted by atomic mass is 9.99. The zero-order chi connectivity index (χ0) is 20.0. The van der Waals surface area contributed by atoms with Crippen molar-refractivity contribution in [2.24, 2.45) is 5.92 Å². The predicted molar refractivity (Wildman–Crippen MR) is 107 cm³/mol. The molecule has 3 atom stereocenters. The fraction of sp³-hybridized carbons (Fsp3) is 0.600. The van der Waals surface area contributed by atoms with Crippen LogP contribution in [0.15, 0.2) is 24.3 Å². The van der Waals surface area contributed by atoms with E-state index in [4.69, 9.17) is 16.3 Å². The molecule has 0 saturated carbocycles. The number of nitrogens with one attached hydrogen (secondary N) is 2. The molecule has 1 heterocycles. The summed E-state index contributed by atoms with van der Waals surface area (Å²) in [4.78, 5) is 27.0. The van der Waals surface area contributed by atoms with E-state index in [1.54, 1.807) is 24.3 Å². The van der Waals surface area contributed by atoms with Crippen LogP contribution in [0.1, 0.15) is 38.1 Å².